The highest BCUT2D eigenvalue weighted by atomic mass is 32.1. The Morgan fingerprint density at radius 1 is 1.16 bits per heavy atom. The fourth-order valence-electron chi connectivity index (χ4n) is 2.41. The molecule has 128 valence electrons. The van der Waals surface area contributed by atoms with Crippen molar-refractivity contribution in [2.24, 2.45) is 0 Å². The maximum atomic E-state index is 12.4. The van der Waals surface area contributed by atoms with Crippen LogP contribution in [0, 0.1) is 6.92 Å². The monoisotopic (exact) mass is 352 g/mol. The largest absolute Gasteiger partial charge is 0.347 e. The predicted molar refractivity (Wildman–Crippen MR) is 102 cm³/mol. The SMILES string of the molecule is Cc1cc(CNC(=O)c2ccc(-c3cccs3)cc2)nc(N(C)C)n1. The maximum Gasteiger partial charge on any atom is 0.251 e. The molecule has 0 atom stereocenters. The second kappa shape index (κ2) is 7.44. The molecule has 0 saturated heterocycles. The van der Waals surface area contributed by atoms with Crippen molar-refractivity contribution in [3.63, 3.8) is 0 Å². The van der Waals surface area contributed by atoms with Gasteiger partial charge in [-0.2, -0.15) is 0 Å². The minimum Gasteiger partial charge on any atom is -0.347 e. The Kier molecular flexibility index (Phi) is 5.09. The summed E-state index contributed by atoms with van der Waals surface area (Å²) >= 11 is 1.68. The third kappa shape index (κ3) is 4.22. The van der Waals surface area contributed by atoms with Crippen molar-refractivity contribution in [1.82, 2.24) is 15.3 Å². The average molecular weight is 352 g/mol. The third-order valence-corrected chi connectivity index (χ3v) is 4.60. The van der Waals surface area contributed by atoms with Crippen molar-refractivity contribution in [2.75, 3.05) is 19.0 Å². The smallest absolute Gasteiger partial charge is 0.251 e. The number of amides is 1. The van der Waals surface area contributed by atoms with E-state index in [1.54, 1.807) is 11.3 Å². The van der Waals surface area contributed by atoms with Gasteiger partial charge in [-0.1, -0.05) is 18.2 Å². The number of hydrogen-bond donors (Lipinski definition) is 1. The van der Waals surface area contributed by atoms with E-state index in [1.165, 1.54) is 4.88 Å². The average Bonchev–Trinajstić information content (AvgIpc) is 3.14. The van der Waals surface area contributed by atoms with Gasteiger partial charge >= 0.3 is 0 Å². The molecule has 1 N–H and O–H groups in total. The minimum atomic E-state index is -0.111. The summed E-state index contributed by atoms with van der Waals surface area (Å²) in [7, 11) is 3.79. The lowest BCUT2D eigenvalue weighted by molar-refractivity contribution is 0.0950. The van der Waals surface area contributed by atoms with Crippen LogP contribution in [0.5, 0.6) is 0 Å². The summed E-state index contributed by atoms with van der Waals surface area (Å²) in [6.45, 7) is 2.29. The van der Waals surface area contributed by atoms with E-state index < -0.39 is 0 Å². The molecule has 0 spiro atoms. The molecule has 0 bridgehead atoms. The normalized spacial score (nSPS) is 10.5. The van der Waals surface area contributed by atoms with Crippen LogP contribution in [0.4, 0.5) is 5.95 Å². The van der Waals surface area contributed by atoms with Gasteiger partial charge in [0, 0.05) is 30.2 Å². The fraction of sp³-hybridized carbons (Fsp3) is 0.211. The van der Waals surface area contributed by atoms with Crippen molar-refractivity contribution in [3.8, 4) is 10.4 Å². The second-order valence-electron chi connectivity index (χ2n) is 5.93. The molecule has 1 aromatic carbocycles. The first-order valence-corrected chi connectivity index (χ1v) is 8.85. The Morgan fingerprint density at radius 2 is 1.92 bits per heavy atom. The van der Waals surface area contributed by atoms with Crippen molar-refractivity contribution in [2.45, 2.75) is 13.5 Å². The topological polar surface area (TPSA) is 58.1 Å². The highest BCUT2D eigenvalue weighted by Crippen LogP contribution is 2.24. The fourth-order valence-corrected chi connectivity index (χ4v) is 3.14. The van der Waals surface area contributed by atoms with Gasteiger partial charge in [0.25, 0.3) is 5.91 Å². The van der Waals surface area contributed by atoms with Crippen LogP contribution in [-0.4, -0.2) is 30.0 Å². The second-order valence-corrected chi connectivity index (χ2v) is 6.88. The summed E-state index contributed by atoms with van der Waals surface area (Å²) < 4.78 is 0. The molecule has 2 aromatic heterocycles. The molecule has 0 aliphatic carbocycles. The molecule has 25 heavy (non-hydrogen) atoms. The number of nitrogens with zero attached hydrogens (tertiary/aromatic N) is 3. The predicted octanol–water partition coefficient (Wildman–Crippen LogP) is 3.51. The summed E-state index contributed by atoms with van der Waals surface area (Å²) in [4.78, 5) is 24.2. The molecule has 0 aliphatic rings. The molecular weight excluding hydrogens is 332 g/mol. The summed E-state index contributed by atoms with van der Waals surface area (Å²) in [5, 5.41) is 4.96. The molecule has 0 aliphatic heterocycles. The molecule has 2 heterocycles. The van der Waals surface area contributed by atoms with Gasteiger partial charge in [0.15, 0.2) is 0 Å². The first-order valence-electron chi connectivity index (χ1n) is 7.97. The number of benzene rings is 1. The van der Waals surface area contributed by atoms with Crippen LogP contribution in [0.15, 0.2) is 47.8 Å². The van der Waals surface area contributed by atoms with Gasteiger partial charge in [0.1, 0.15) is 0 Å². The van der Waals surface area contributed by atoms with Crippen LogP contribution >= 0.6 is 11.3 Å². The molecule has 5 nitrogen and oxygen atoms in total. The molecule has 3 rings (SSSR count). The van der Waals surface area contributed by atoms with Gasteiger partial charge in [0.05, 0.1) is 12.2 Å². The molecule has 6 heteroatoms. The van der Waals surface area contributed by atoms with Crippen LogP contribution in [0.1, 0.15) is 21.7 Å². The molecule has 1 amide bonds. The highest BCUT2D eigenvalue weighted by Gasteiger charge is 2.09. The Labute approximate surface area is 151 Å². The van der Waals surface area contributed by atoms with E-state index in [2.05, 4.69) is 21.4 Å². The molecule has 0 fully saturated rings. The van der Waals surface area contributed by atoms with Crippen molar-refractivity contribution < 1.29 is 4.79 Å². The van der Waals surface area contributed by atoms with Crippen LogP contribution in [0.3, 0.4) is 0 Å². The number of aryl methyl sites for hydroxylation is 1. The van der Waals surface area contributed by atoms with Gasteiger partial charge in [-0.15, -0.1) is 11.3 Å². The number of carbonyl (C=O) groups excluding carboxylic acids is 1. The number of rotatable bonds is 5. The first kappa shape index (κ1) is 17.1. The summed E-state index contributed by atoms with van der Waals surface area (Å²) in [5.41, 5.74) is 3.43. The van der Waals surface area contributed by atoms with Crippen LogP contribution < -0.4 is 10.2 Å². The lowest BCUT2D eigenvalue weighted by Crippen LogP contribution is -2.24. The number of carbonyl (C=O) groups is 1. The quantitative estimate of drug-likeness (QED) is 0.763. The van der Waals surface area contributed by atoms with Crippen LogP contribution in [0.2, 0.25) is 0 Å². The molecule has 3 aromatic rings. The Balaban J connectivity index is 1.67. The number of thiophene rings is 1. The van der Waals surface area contributed by atoms with Crippen molar-refractivity contribution in [1.29, 1.82) is 0 Å². The van der Waals surface area contributed by atoms with Gasteiger partial charge < -0.3 is 10.2 Å². The Bertz CT molecular complexity index is 858. The van der Waals surface area contributed by atoms with E-state index in [1.807, 2.05) is 67.7 Å². The summed E-state index contributed by atoms with van der Waals surface area (Å²) in [6, 6.07) is 13.6. The lowest BCUT2D eigenvalue weighted by Gasteiger charge is -2.12. The van der Waals surface area contributed by atoms with Crippen LogP contribution in [-0.2, 0) is 6.54 Å². The zero-order chi connectivity index (χ0) is 17.8. The summed E-state index contributed by atoms with van der Waals surface area (Å²) in [5.74, 6) is 0.532. The molecule has 0 radical (unpaired) electrons. The van der Waals surface area contributed by atoms with E-state index >= 15 is 0 Å². The maximum absolute atomic E-state index is 12.4. The van der Waals surface area contributed by atoms with E-state index in [0.29, 0.717) is 18.1 Å². The van der Waals surface area contributed by atoms with E-state index in [9.17, 15) is 4.79 Å². The first-order chi connectivity index (χ1) is 12.0. The third-order valence-electron chi connectivity index (χ3n) is 3.68. The highest BCUT2D eigenvalue weighted by molar-refractivity contribution is 7.13. The van der Waals surface area contributed by atoms with Gasteiger partial charge in [-0.05, 0) is 42.1 Å². The van der Waals surface area contributed by atoms with E-state index in [-0.39, 0.29) is 5.91 Å². The molecule has 0 saturated carbocycles. The van der Waals surface area contributed by atoms with Crippen LogP contribution in [0.25, 0.3) is 10.4 Å². The number of anilines is 1. The zero-order valence-corrected chi connectivity index (χ0v) is 15.3. The van der Waals surface area contributed by atoms with Gasteiger partial charge in [-0.25, -0.2) is 9.97 Å². The van der Waals surface area contributed by atoms with E-state index in [4.69, 9.17) is 0 Å². The Hall–Kier alpha value is -2.73. The number of hydrogen-bond acceptors (Lipinski definition) is 5. The molecular formula is C19H20N4OS. The molecule has 0 unspecified atom stereocenters. The lowest BCUT2D eigenvalue weighted by atomic mass is 10.1. The van der Waals surface area contributed by atoms with E-state index in [0.717, 1.165) is 17.0 Å². The number of aromatic nitrogens is 2. The number of nitrogens with one attached hydrogen (secondary N) is 1. The van der Waals surface area contributed by atoms with Crippen molar-refractivity contribution >= 4 is 23.2 Å². The van der Waals surface area contributed by atoms with Crippen molar-refractivity contribution in [3.05, 3.63) is 64.8 Å². The minimum absolute atomic E-state index is 0.111. The summed E-state index contributed by atoms with van der Waals surface area (Å²) in [6.07, 6.45) is 0. The van der Waals surface area contributed by atoms with Gasteiger partial charge in [0.2, 0.25) is 5.95 Å². The Morgan fingerprint density at radius 3 is 2.56 bits per heavy atom. The zero-order valence-electron chi connectivity index (χ0n) is 14.5. The standard InChI is InChI=1S/C19H20N4OS/c1-13-11-16(22-19(21-13)23(2)3)12-20-18(24)15-8-6-14(7-9-15)17-5-4-10-25-17/h4-11H,12H2,1-3H3,(H,20,24). The van der Waals surface area contributed by atoms with Gasteiger partial charge in [-0.3, -0.25) is 4.79 Å².